The van der Waals surface area contributed by atoms with E-state index in [1.807, 2.05) is 24.3 Å². The molecule has 1 aliphatic heterocycles. The number of hydrogen-bond donors (Lipinski definition) is 1. The van der Waals surface area contributed by atoms with Crippen LogP contribution in [0.3, 0.4) is 0 Å². The van der Waals surface area contributed by atoms with Gasteiger partial charge in [-0.2, -0.15) is 0 Å². The van der Waals surface area contributed by atoms with Crippen molar-refractivity contribution in [3.8, 4) is 12.3 Å². The zero-order valence-electron chi connectivity index (χ0n) is 14.0. The minimum absolute atomic E-state index is 0.201. The molecule has 1 fully saturated rings. The van der Waals surface area contributed by atoms with E-state index in [2.05, 4.69) is 11.2 Å². The second kappa shape index (κ2) is 7.39. The first kappa shape index (κ1) is 17.0. The zero-order valence-corrected chi connectivity index (χ0v) is 14.0. The van der Waals surface area contributed by atoms with E-state index >= 15 is 0 Å². The number of imidazole rings is 1. The van der Waals surface area contributed by atoms with E-state index in [9.17, 15) is 14.4 Å². The first-order chi connectivity index (χ1) is 12.1. The lowest BCUT2D eigenvalue weighted by Crippen LogP contribution is -2.44. The van der Waals surface area contributed by atoms with E-state index in [4.69, 9.17) is 6.42 Å². The van der Waals surface area contributed by atoms with Crippen LogP contribution >= 0.6 is 0 Å². The van der Waals surface area contributed by atoms with Gasteiger partial charge in [-0.05, 0) is 31.4 Å². The first-order valence-corrected chi connectivity index (χ1v) is 8.60. The number of aromatic nitrogens is 2. The third kappa shape index (κ3) is 3.36. The number of fused-ring (bicyclic) bond motifs is 1. The molecule has 0 saturated carbocycles. The average Bonchev–Trinajstić information content (AvgIpc) is 2.87. The number of unbranched alkanes of at least 4 members (excludes halogenated alkanes) is 3. The van der Waals surface area contributed by atoms with Gasteiger partial charge in [-0.15, -0.1) is 12.3 Å². The molecule has 1 aromatic heterocycles. The first-order valence-electron chi connectivity index (χ1n) is 8.60. The van der Waals surface area contributed by atoms with E-state index in [1.165, 1.54) is 4.57 Å². The maximum atomic E-state index is 13.0. The molecule has 0 aliphatic carbocycles. The van der Waals surface area contributed by atoms with Crippen molar-refractivity contribution < 1.29 is 9.59 Å². The van der Waals surface area contributed by atoms with Crippen molar-refractivity contribution in [3.05, 3.63) is 34.7 Å². The highest BCUT2D eigenvalue weighted by atomic mass is 16.2. The SMILES string of the molecule is C#CCCCCCn1c(=O)n(C2CCC(=O)NC2=O)c2ccccc21. The third-order valence-corrected chi connectivity index (χ3v) is 4.59. The summed E-state index contributed by atoms with van der Waals surface area (Å²) >= 11 is 0. The van der Waals surface area contributed by atoms with Crippen LogP contribution in [0.4, 0.5) is 0 Å². The molecule has 2 aromatic rings. The molecule has 1 aromatic carbocycles. The van der Waals surface area contributed by atoms with Crippen molar-refractivity contribution in [2.24, 2.45) is 0 Å². The number of nitrogens with one attached hydrogen (secondary N) is 1. The van der Waals surface area contributed by atoms with E-state index < -0.39 is 11.9 Å². The fourth-order valence-corrected chi connectivity index (χ4v) is 3.35. The number of benzene rings is 1. The summed E-state index contributed by atoms with van der Waals surface area (Å²) in [6, 6.07) is 6.82. The number of para-hydroxylation sites is 2. The maximum absolute atomic E-state index is 13.0. The van der Waals surface area contributed by atoms with Crippen LogP contribution in [0.5, 0.6) is 0 Å². The van der Waals surface area contributed by atoms with Crippen molar-refractivity contribution in [1.82, 2.24) is 14.5 Å². The second-order valence-electron chi connectivity index (χ2n) is 6.27. The number of carbonyl (C=O) groups excluding carboxylic acids is 2. The van der Waals surface area contributed by atoms with E-state index in [0.29, 0.717) is 13.0 Å². The van der Waals surface area contributed by atoms with Gasteiger partial charge < -0.3 is 0 Å². The summed E-state index contributed by atoms with van der Waals surface area (Å²) in [4.78, 5) is 36.6. The van der Waals surface area contributed by atoms with Gasteiger partial charge in [0.15, 0.2) is 0 Å². The Bertz CT molecular complexity index is 901. The highest BCUT2D eigenvalue weighted by Crippen LogP contribution is 2.23. The molecule has 0 bridgehead atoms. The molecule has 2 heterocycles. The van der Waals surface area contributed by atoms with Crippen molar-refractivity contribution in [2.45, 2.75) is 51.1 Å². The van der Waals surface area contributed by atoms with Crippen LogP contribution in [0.25, 0.3) is 11.0 Å². The van der Waals surface area contributed by atoms with Crippen LogP contribution in [0.1, 0.15) is 44.6 Å². The predicted octanol–water partition coefficient (Wildman–Crippen LogP) is 1.97. The summed E-state index contributed by atoms with van der Waals surface area (Å²) in [5.41, 5.74) is 1.34. The van der Waals surface area contributed by atoms with Crippen LogP contribution in [0.2, 0.25) is 0 Å². The number of terminal acetylenes is 1. The average molecular weight is 339 g/mol. The minimum Gasteiger partial charge on any atom is -0.295 e. The predicted molar refractivity (Wildman–Crippen MR) is 94.9 cm³/mol. The fourth-order valence-electron chi connectivity index (χ4n) is 3.35. The largest absolute Gasteiger partial charge is 0.329 e. The Morgan fingerprint density at radius 3 is 2.60 bits per heavy atom. The van der Waals surface area contributed by atoms with E-state index in [0.717, 1.165) is 36.7 Å². The molecule has 6 nitrogen and oxygen atoms in total. The van der Waals surface area contributed by atoms with Crippen molar-refractivity contribution in [2.75, 3.05) is 0 Å². The van der Waals surface area contributed by atoms with Gasteiger partial charge in [0.25, 0.3) is 0 Å². The molecule has 1 saturated heterocycles. The Morgan fingerprint density at radius 2 is 1.88 bits per heavy atom. The number of piperidine rings is 1. The summed E-state index contributed by atoms with van der Waals surface area (Å²) in [5, 5.41) is 2.33. The molecule has 2 amide bonds. The number of amides is 2. The third-order valence-electron chi connectivity index (χ3n) is 4.59. The quantitative estimate of drug-likeness (QED) is 0.497. The molecule has 1 N–H and O–H groups in total. The summed E-state index contributed by atoms with van der Waals surface area (Å²) in [6.45, 7) is 0.587. The van der Waals surface area contributed by atoms with Gasteiger partial charge >= 0.3 is 5.69 Å². The molecule has 1 atom stereocenters. The van der Waals surface area contributed by atoms with Gasteiger partial charge in [-0.1, -0.05) is 18.6 Å². The number of nitrogens with zero attached hydrogens (tertiary/aromatic N) is 2. The Morgan fingerprint density at radius 1 is 1.12 bits per heavy atom. The summed E-state index contributed by atoms with van der Waals surface area (Å²) in [5.74, 6) is 1.93. The number of hydrogen-bond acceptors (Lipinski definition) is 3. The maximum Gasteiger partial charge on any atom is 0.329 e. The number of carbonyl (C=O) groups is 2. The van der Waals surface area contributed by atoms with Crippen LogP contribution in [-0.2, 0) is 16.1 Å². The molecular weight excluding hydrogens is 318 g/mol. The summed E-state index contributed by atoms with van der Waals surface area (Å²) < 4.78 is 3.24. The van der Waals surface area contributed by atoms with E-state index in [-0.39, 0.29) is 18.0 Å². The smallest absolute Gasteiger partial charge is 0.295 e. The molecule has 1 unspecified atom stereocenters. The molecule has 130 valence electrons. The second-order valence-corrected chi connectivity index (χ2v) is 6.27. The lowest BCUT2D eigenvalue weighted by Gasteiger charge is -2.21. The fraction of sp³-hybridized carbons (Fsp3) is 0.421. The van der Waals surface area contributed by atoms with Crippen LogP contribution in [0, 0.1) is 12.3 Å². The Labute approximate surface area is 145 Å². The molecule has 25 heavy (non-hydrogen) atoms. The summed E-state index contributed by atoms with van der Waals surface area (Å²) in [6.07, 6.45) is 9.34. The number of imide groups is 1. The normalized spacial score (nSPS) is 17.5. The van der Waals surface area contributed by atoms with Gasteiger partial charge in [0.2, 0.25) is 11.8 Å². The highest BCUT2D eigenvalue weighted by molar-refractivity contribution is 6.00. The van der Waals surface area contributed by atoms with Crippen molar-refractivity contribution >= 4 is 22.8 Å². The van der Waals surface area contributed by atoms with Gasteiger partial charge in [-0.25, -0.2) is 4.79 Å². The standard InChI is InChI=1S/C19H21N3O3/c1-2-3-4-5-8-13-21-14-9-6-7-10-15(14)22(19(21)25)16-11-12-17(23)20-18(16)24/h1,6-7,9-10,16H,3-5,8,11-13H2,(H,20,23,24). The van der Waals surface area contributed by atoms with E-state index in [1.54, 1.807) is 4.57 Å². The molecule has 1 aliphatic rings. The van der Waals surface area contributed by atoms with Crippen LogP contribution in [0.15, 0.2) is 29.1 Å². The van der Waals surface area contributed by atoms with Crippen LogP contribution in [-0.4, -0.2) is 20.9 Å². The van der Waals surface area contributed by atoms with Crippen molar-refractivity contribution in [3.63, 3.8) is 0 Å². The molecule has 3 rings (SSSR count). The van der Waals surface area contributed by atoms with Crippen LogP contribution < -0.4 is 11.0 Å². The molecule has 0 radical (unpaired) electrons. The Kier molecular flexibility index (Phi) is 5.03. The summed E-state index contributed by atoms with van der Waals surface area (Å²) in [7, 11) is 0. The Balaban J connectivity index is 1.93. The van der Waals surface area contributed by atoms with Gasteiger partial charge in [0.1, 0.15) is 6.04 Å². The topological polar surface area (TPSA) is 73.1 Å². The lowest BCUT2D eigenvalue weighted by atomic mass is 10.1. The molecular formula is C19H21N3O3. The monoisotopic (exact) mass is 339 g/mol. The number of aryl methyl sites for hydroxylation is 1. The van der Waals surface area contributed by atoms with Gasteiger partial charge in [0, 0.05) is 19.4 Å². The minimum atomic E-state index is -0.641. The van der Waals surface area contributed by atoms with Gasteiger partial charge in [0.05, 0.1) is 11.0 Å². The highest BCUT2D eigenvalue weighted by Gasteiger charge is 2.31. The lowest BCUT2D eigenvalue weighted by molar-refractivity contribution is -0.135. The van der Waals surface area contributed by atoms with Gasteiger partial charge in [-0.3, -0.25) is 24.0 Å². The number of rotatable bonds is 6. The molecule has 0 spiro atoms. The molecule has 6 heteroatoms. The zero-order chi connectivity index (χ0) is 17.8. The Hall–Kier alpha value is -2.81. The van der Waals surface area contributed by atoms with Crippen molar-refractivity contribution in [1.29, 1.82) is 0 Å².